The third-order valence-corrected chi connectivity index (χ3v) is 7.05. The third kappa shape index (κ3) is 3.18. The summed E-state index contributed by atoms with van der Waals surface area (Å²) in [7, 11) is -3.47. The number of benzene rings is 1. The molecular formula is C13H12BrN3O2S2. The van der Waals surface area contributed by atoms with Gasteiger partial charge in [-0.3, -0.25) is 0 Å². The second kappa shape index (κ2) is 5.88. The van der Waals surface area contributed by atoms with Crippen LogP contribution in [-0.4, -0.2) is 24.9 Å². The average Bonchev–Trinajstić information content (AvgIpc) is 3.04. The van der Waals surface area contributed by atoms with Crippen LogP contribution in [0.5, 0.6) is 0 Å². The fourth-order valence-electron chi connectivity index (χ4n) is 1.96. The molecule has 0 fully saturated rings. The van der Waals surface area contributed by atoms with E-state index in [4.69, 9.17) is 0 Å². The van der Waals surface area contributed by atoms with Crippen LogP contribution in [0.4, 0.5) is 0 Å². The van der Waals surface area contributed by atoms with Gasteiger partial charge in [0.2, 0.25) is 0 Å². The van der Waals surface area contributed by atoms with Gasteiger partial charge >= 0.3 is 0 Å². The zero-order valence-electron chi connectivity index (χ0n) is 10.8. The van der Waals surface area contributed by atoms with E-state index in [1.54, 1.807) is 11.4 Å². The Kier molecular flexibility index (Phi) is 4.12. The van der Waals surface area contributed by atoms with Crippen molar-refractivity contribution in [2.24, 2.45) is 0 Å². The highest BCUT2D eigenvalue weighted by atomic mass is 79.9. The van der Waals surface area contributed by atoms with Crippen molar-refractivity contribution in [2.75, 3.05) is 6.54 Å². The van der Waals surface area contributed by atoms with Gasteiger partial charge in [0.05, 0.1) is 11.0 Å². The fourth-order valence-corrected chi connectivity index (χ4v) is 5.38. The number of fused-ring (bicyclic) bond motifs is 1. The number of halogens is 1. The Morgan fingerprint density at radius 2 is 2.10 bits per heavy atom. The minimum Gasteiger partial charge on any atom is -0.342 e. The maximum atomic E-state index is 12.1. The van der Waals surface area contributed by atoms with E-state index in [1.807, 2.05) is 24.3 Å². The van der Waals surface area contributed by atoms with Crippen LogP contribution in [0.15, 0.2) is 44.4 Å². The van der Waals surface area contributed by atoms with Gasteiger partial charge in [0.15, 0.2) is 0 Å². The SMILES string of the molecule is O=S(=O)(NCCc1nc2ccccc2[nH]1)c1sccc1Br. The number of rotatable bonds is 5. The highest BCUT2D eigenvalue weighted by Crippen LogP contribution is 2.27. The molecule has 1 aromatic carbocycles. The summed E-state index contributed by atoms with van der Waals surface area (Å²) in [5.74, 6) is 0.768. The van der Waals surface area contributed by atoms with Crippen LogP contribution >= 0.6 is 27.3 Å². The van der Waals surface area contributed by atoms with E-state index in [0.29, 0.717) is 21.6 Å². The lowest BCUT2D eigenvalue weighted by Crippen LogP contribution is -2.25. The lowest BCUT2D eigenvalue weighted by atomic mass is 10.3. The van der Waals surface area contributed by atoms with Crippen LogP contribution < -0.4 is 4.72 Å². The van der Waals surface area contributed by atoms with Gasteiger partial charge in [-0.1, -0.05) is 12.1 Å². The standard InChI is InChI=1S/C13H12BrN3O2S2/c14-9-6-8-20-13(9)21(18,19)15-7-5-12-16-10-3-1-2-4-11(10)17-12/h1-4,6,8,15H,5,7H2,(H,16,17). The summed E-state index contributed by atoms with van der Waals surface area (Å²) >= 11 is 4.42. The van der Waals surface area contributed by atoms with Crippen LogP contribution in [-0.2, 0) is 16.4 Å². The number of aromatic nitrogens is 2. The van der Waals surface area contributed by atoms with E-state index >= 15 is 0 Å². The Morgan fingerprint density at radius 1 is 1.29 bits per heavy atom. The van der Waals surface area contributed by atoms with Crippen molar-refractivity contribution in [1.29, 1.82) is 0 Å². The lowest BCUT2D eigenvalue weighted by Gasteiger charge is -2.04. The van der Waals surface area contributed by atoms with E-state index in [0.717, 1.165) is 16.9 Å². The van der Waals surface area contributed by atoms with Crippen molar-refractivity contribution in [3.63, 3.8) is 0 Å². The first-order valence-electron chi connectivity index (χ1n) is 6.22. The van der Waals surface area contributed by atoms with Gasteiger partial charge in [-0.2, -0.15) is 0 Å². The van der Waals surface area contributed by atoms with Crippen LogP contribution in [0.2, 0.25) is 0 Å². The summed E-state index contributed by atoms with van der Waals surface area (Å²) in [6, 6.07) is 9.44. The number of thiophene rings is 1. The molecule has 2 aromatic heterocycles. The number of H-pyrrole nitrogens is 1. The molecule has 3 rings (SSSR count). The molecule has 0 aliphatic heterocycles. The van der Waals surface area contributed by atoms with Gasteiger partial charge in [0.1, 0.15) is 10.0 Å². The molecule has 5 nitrogen and oxygen atoms in total. The number of aromatic amines is 1. The lowest BCUT2D eigenvalue weighted by molar-refractivity contribution is 0.583. The molecular weight excluding hydrogens is 374 g/mol. The Labute approximate surface area is 134 Å². The van der Waals surface area contributed by atoms with E-state index in [1.165, 1.54) is 11.3 Å². The number of nitrogens with zero attached hydrogens (tertiary/aromatic N) is 1. The van der Waals surface area contributed by atoms with Gasteiger partial charge in [-0.05, 0) is 39.5 Å². The molecule has 21 heavy (non-hydrogen) atoms. The molecule has 0 saturated heterocycles. The molecule has 0 spiro atoms. The quantitative estimate of drug-likeness (QED) is 0.708. The fraction of sp³-hybridized carbons (Fsp3) is 0.154. The van der Waals surface area contributed by atoms with Crippen molar-refractivity contribution in [3.05, 3.63) is 46.0 Å². The predicted octanol–water partition coefficient (Wildman–Crippen LogP) is 2.91. The summed E-state index contributed by atoms with van der Waals surface area (Å²) in [6.07, 6.45) is 0.511. The monoisotopic (exact) mass is 385 g/mol. The topological polar surface area (TPSA) is 74.8 Å². The Morgan fingerprint density at radius 3 is 2.81 bits per heavy atom. The number of nitrogens with one attached hydrogen (secondary N) is 2. The first-order chi connectivity index (χ1) is 10.1. The number of sulfonamides is 1. The molecule has 0 amide bonds. The predicted molar refractivity (Wildman–Crippen MR) is 87.0 cm³/mol. The molecule has 110 valence electrons. The molecule has 0 bridgehead atoms. The van der Waals surface area contributed by atoms with Crippen molar-refractivity contribution >= 4 is 48.3 Å². The van der Waals surface area contributed by atoms with Gasteiger partial charge in [0, 0.05) is 17.4 Å². The zero-order chi connectivity index (χ0) is 14.9. The highest BCUT2D eigenvalue weighted by Gasteiger charge is 2.18. The van der Waals surface area contributed by atoms with Crippen LogP contribution in [0.1, 0.15) is 5.82 Å². The number of imidazole rings is 1. The van der Waals surface area contributed by atoms with E-state index in [9.17, 15) is 8.42 Å². The van der Waals surface area contributed by atoms with E-state index < -0.39 is 10.0 Å². The molecule has 0 radical (unpaired) electrons. The van der Waals surface area contributed by atoms with Gasteiger partial charge in [-0.15, -0.1) is 11.3 Å². The van der Waals surface area contributed by atoms with Crippen molar-refractivity contribution in [1.82, 2.24) is 14.7 Å². The molecule has 0 aliphatic rings. The second-order valence-electron chi connectivity index (χ2n) is 4.40. The normalized spacial score (nSPS) is 12.0. The van der Waals surface area contributed by atoms with Crippen molar-refractivity contribution < 1.29 is 8.42 Å². The van der Waals surface area contributed by atoms with Gasteiger partial charge in [-0.25, -0.2) is 18.1 Å². The zero-order valence-corrected chi connectivity index (χ0v) is 14.1. The Hall–Kier alpha value is -1.22. The van der Waals surface area contributed by atoms with Crippen molar-refractivity contribution in [2.45, 2.75) is 10.6 Å². The molecule has 8 heteroatoms. The summed E-state index contributed by atoms with van der Waals surface area (Å²) in [5.41, 5.74) is 1.84. The molecule has 0 unspecified atom stereocenters. The number of hydrogen-bond donors (Lipinski definition) is 2. The highest BCUT2D eigenvalue weighted by molar-refractivity contribution is 9.10. The molecule has 3 aromatic rings. The minimum atomic E-state index is -3.47. The molecule has 2 N–H and O–H groups in total. The van der Waals surface area contributed by atoms with E-state index in [-0.39, 0.29) is 0 Å². The maximum Gasteiger partial charge on any atom is 0.251 e. The summed E-state index contributed by atoms with van der Waals surface area (Å²) < 4.78 is 27.7. The second-order valence-corrected chi connectivity index (χ2v) is 8.14. The largest absolute Gasteiger partial charge is 0.342 e. The summed E-state index contributed by atoms with van der Waals surface area (Å²) in [6.45, 7) is 0.298. The summed E-state index contributed by atoms with van der Waals surface area (Å²) in [4.78, 5) is 7.59. The van der Waals surface area contributed by atoms with Gasteiger partial charge in [0.25, 0.3) is 10.0 Å². The van der Waals surface area contributed by atoms with E-state index in [2.05, 4.69) is 30.6 Å². The molecule has 0 saturated carbocycles. The third-order valence-electron chi connectivity index (χ3n) is 2.92. The first-order valence-corrected chi connectivity index (χ1v) is 9.38. The van der Waals surface area contributed by atoms with Crippen LogP contribution in [0.3, 0.4) is 0 Å². The molecule has 0 atom stereocenters. The first kappa shape index (κ1) is 14.7. The van der Waals surface area contributed by atoms with Gasteiger partial charge < -0.3 is 4.98 Å². The minimum absolute atomic E-state index is 0.298. The number of hydrogen-bond acceptors (Lipinski definition) is 4. The van der Waals surface area contributed by atoms with Crippen LogP contribution in [0.25, 0.3) is 11.0 Å². The average molecular weight is 386 g/mol. The molecule has 0 aliphatic carbocycles. The smallest absolute Gasteiger partial charge is 0.251 e. The maximum absolute atomic E-state index is 12.1. The summed E-state index contributed by atoms with van der Waals surface area (Å²) in [5, 5.41) is 1.73. The van der Waals surface area contributed by atoms with Crippen molar-refractivity contribution in [3.8, 4) is 0 Å². The number of para-hydroxylation sites is 2. The molecule has 2 heterocycles. The Bertz CT molecular complexity index is 837. The Balaban J connectivity index is 1.67. The van der Waals surface area contributed by atoms with Crippen LogP contribution in [0, 0.1) is 0 Å².